The highest BCUT2D eigenvalue weighted by molar-refractivity contribution is 7.99. The van der Waals surface area contributed by atoms with Crippen molar-refractivity contribution in [2.75, 3.05) is 44.9 Å². The molecule has 0 aromatic heterocycles. The van der Waals surface area contributed by atoms with Crippen LogP contribution >= 0.6 is 11.8 Å². The van der Waals surface area contributed by atoms with Crippen LogP contribution in [-0.2, 0) is 4.74 Å². The average molecular weight is 260 g/mol. The van der Waals surface area contributed by atoms with Gasteiger partial charge in [0.15, 0.2) is 0 Å². The fraction of sp³-hybridized carbons (Fsp3) is 1.00. The first kappa shape index (κ1) is 15.3. The molecule has 2 N–H and O–H groups in total. The molecule has 0 radical (unpaired) electrons. The van der Waals surface area contributed by atoms with E-state index >= 15 is 0 Å². The van der Waals surface area contributed by atoms with Gasteiger partial charge in [-0.1, -0.05) is 13.8 Å². The second-order valence-electron chi connectivity index (χ2n) is 5.60. The van der Waals surface area contributed by atoms with Gasteiger partial charge in [0.1, 0.15) is 0 Å². The Balaban J connectivity index is 2.02. The summed E-state index contributed by atoms with van der Waals surface area (Å²) in [6.07, 6.45) is 2.36. The summed E-state index contributed by atoms with van der Waals surface area (Å²) in [6, 6.07) is 0.711. The van der Waals surface area contributed by atoms with Crippen LogP contribution in [0.2, 0.25) is 0 Å². The van der Waals surface area contributed by atoms with Crippen LogP contribution in [-0.4, -0.2) is 50.9 Å². The zero-order chi connectivity index (χ0) is 12.6. The predicted molar refractivity (Wildman–Crippen MR) is 76.9 cm³/mol. The highest BCUT2D eigenvalue weighted by atomic mass is 32.2. The molecule has 0 aromatic rings. The van der Waals surface area contributed by atoms with E-state index in [9.17, 15) is 0 Å². The molecule has 1 atom stereocenters. The van der Waals surface area contributed by atoms with Crippen LogP contribution < -0.4 is 10.6 Å². The second-order valence-corrected chi connectivity index (χ2v) is 6.75. The summed E-state index contributed by atoms with van der Waals surface area (Å²) in [7, 11) is 1.77. The van der Waals surface area contributed by atoms with E-state index in [0.717, 1.165) is 26.1 Å². The Labute approximate surface area is 110 Å². The van der Waals surface area contributed by atoms with Crippen LogP contribution in [0.3, 0.4) is 0 Å². The van der Waals surface area contributed by atoms with Crippen LogP contribution in [0, 0.1) is 5.41 Å². The third-order valence-electron chi connectivity index (χ3n) is 3.25. The molecule has 0 bridgehead atoms. The van der Waals surface area contributed by atoms with Gasteiger partial charge in [-0.15, -0.1) is 0 Å². The molecule has 17 heavy (non-hydrogen) atoms. The van der Waals surface area contributed by atoms with Gasteiger partial charge in [-0.2, -0.15) is 11.8 Å². The monoisotopic (exact) mass is 260 g/mol. The summed E-state index contributed by atoms with van der Waals surface area (Å²) in [6.45, 7) is 8.83. The normalized spacial score (nSPS) is 21.7. The number of hydrogen-bond donors (Lipinski definition) is 2. The second kappa shape index (κ2) is 8.35. The lowest BCUT2D eigenvalue weighted by Gasteiger charge is -2.26. The molecule has 4 heteroatoms. The number of nitrogens with one attached hydrogen (secondary N) is 2. The molecule has 0 amide bonds. The standard InChI is InChI=1S/C13H28N2OS/c1-13(2,5-8-16-3)11-14-6-4-12-10-17-9-7-15-12/h12,14-15H,4-11H2,1-3H3. The quantitative estimate of drug-likeness (QED) is 0.651. The molecule has 0 aromatic carbocycles. The third-order valence-corrected chi connectivity index (χ3v) is 4.39. The number of hydrogen-bond acceptors (Lipinski definition) is 4. The SMILES string of the molecule is COCCC(C)(C)CNCCC1CSCCN1. The van der Waals surface area contributed by atoms with Crippen molar-refractivity contribution in [1.82, 2.24) is 10.6 Å². The Morgan fingerprint density at radius 3 is 2.94 bits per heavy atom. The highest BCUT2D eigenvalue weighted by Gasteiger charge is 2.17. The molecule has 102 valence electrons. The van der Waals surface area contributed by atoms with Crippen molar-refractivity contribution < 1.29 is 4.74 Å². The summed E-state index contributed by atoms with van der Waals surface area (Å²) in [5.41, 5.74) is 0.338. The van der Waals surface area contributed by atoms with E-state index in [1.54, 1.807) is 7.11 Å². The van der Waals surface area contributed by atoms with E-state index in [0.29, 0.717) is 11.5 Å². The summed E-state index contributed by atoms with van der Waals surface area (Å²) >= 11 is 2.07. The number of ether oxygens (including phenoxy) is 1. The van der Waals surface area contributed by atoms with Crippen molar-refractivity contribution in [3.05, 3.63) is 0 Å². The van der Waals surface area contributed by atoms with Gasteiger partial charge in [-0.3, -0.25) is 0 Å². The average Bonchev–Trinajstić information content (AvgIpc) is 2.34. The molecule has 1 fully saturated rings. The van der Waals surface area contributed by atoms with Crippen LogP contribution in [0.5, 0.6) is 0 Å². The topological polar surface area (TPSA) is 33.3 Å². The fourth-order valence-electron chi connectivity index (χ4n) is 1.97. The van der Waals surface area contributed by atoms with E-state index < -0.39 is 0 Å². The summed E-state index contributed by atoms with van der Waals surface area (Å²) in [4.78, 5) is 0. The molecule has 1 aliphatic heterocycles. The first-order valence-electron chi connectivity index (χ1n) is 6.65. The Hall–Kier alpha value is 0.230. The molecule has 1 unspecified atom stereocenters. The van der Waals surface area contributed by atoms with Gasteiger partial charge in [0.2, 0.25) is 0 Å². The summed E-state index contributed by atoms with van der Waals surface area (Å²) in [5.74, 6) is 2.54. The molecule has 1 saturated heterocycles. The van der Waals surface area contributed by atoms with E-state index in [1.165, 1.54) is 24.5 Å². The zero-order valence-electron chi connectivity index (χ0n) is 11.6. The fourth-order valence-corrected chi connectivity index (χ4v) is 2.97. The van der Waals surface area contributed by atoms with Gasteiger partial charge >= 0.3 is 0 Å². The van der Waals surface area contributed by atoms with Crippen molar-refractivity contribution in [1.29, 1.82) is 0 Å². The zero-order valence-corrected chi connectivity index (χ0v) is 12.4. The van der Waals surface area contributed by atoms with E-state index in [-0.39, 0.29) is 0 Å². The molecular weight excluding hydrogens is 232 g/mol. The van der Waals surface area contributed by atoms with E-state index in [2.05, 4.69) is 36.2 Å². The first-order valence-corrected chi connectivity index (χ1v) is 7.80. The Bertz CT molecular complexity index is 194. The van der Waals surface area contributed by atoms with Gasteiger partial charge in [0.25, 0.3) is 0 Å². The highest BCUT2D eigenvalue weighted by Crippen LogP contribution is 2.18. The van der Waals surface area contributed by atoms with Crippen molar-refractivity contribution in [2.24, 2.45) is 5.41 Å². The lowest BCUT2D eigenvalue weighted by atomic mass is 9.89. The largest absolute Gasteiger partial charge is 0.385 e. The first-order chi connectivity index (χ1) is 8.14. The minimum atomic E-state index is 0.338. The maximum absolute atomic E-state index is 5.14. The molecular formula is C13H28N2OS. The van der Waals surface area contributed by atoms with E-state index in [1.807, 2.05) is 0 Å². The Morgan fingerprint density at radius 1 is 1.47 bits per heavy atom. The van der Waals surface area contributed by atoms with Crippen molar-refractivity contribution in [3.63, 3.8) is 0 Å². The van der Waals surface area contributed by atoms with Gasteiger partial charge in [0.05, 0.1) is 0 Å². The van der Waals surface area contributed by atoms with Gasteiger partial charge in [-0.05, 0) is 24.8 Å². The predicted octanol–water partition coefficient (Wildman–Crippen LogP) is 1.73. The smallest absolute Gasteiger partial charge is 0.0467 e. The summed E-state index contributed by atoms with van der Waals surface area (Å²) in [5, 5.41) is 7.15. The Kier molecular flexibility index (Phi) is 7.51. The van der Waals surface area contributed by atoms with Gasteiger partial charge in [0, 0.05) is 44.4 Å². The van der Waals surface area contributed by atoms with Crippen molar-refractivity contribution in [2.45, 2.75) is 32.7 Å². The molecule has 0 aliphatic carbocycles. The minimum absolute atomic E-state index is 0.338. The third kappa shape index (κ3) is 7.29. The summed E-state index contributed by atoms with van der Waals surface area (Å²) < 4.78 is 5.14. The molecule has 1 heterocycles. The molecule has 1 aliphatic rings. The molecule has 1 rings (SSSR count). The van der Waals surface area contributed by atoms with Gasteiger partial charge < -0.3 is 15.4 Å². The van der Waals surface area contributed by atoms with Gasteiger partial charge in [-0.25, -0.2) is 0 Å². The maximum atomic E-state index is 5.14. The Morgan fingerprint density at radius 2 is 2.29 bits per heavy atom. The van der Waals surface area contributed by atoms with E-state index in [4.69, 9.17) is 4.74 Å². The minimum Gasteiger partial charge on any atom is -0.385 e. The lowest BCUT2D eigenvalue weighted by molar-refractivity contribution is 0.150. The lowest BCUT2D eigenvalue weighted by Crippen LogP contribution is -2.40. The number of rotatable bonds is 8. The van der Waals surface area contributed by atoms with Crippen LogP contribution in [0.25, 0.3) is 0 Å². The van der Waals surface area contributed by atoms with Crippen LogP contribution in [0.4, 0.5) is 0 Å². The number of methoxy groups -OCH3 is 1. The van der Waals surface area contributed by atoms with Crippen LogP contribution in [0.1, 0.15) is 26.7 Å². The van der Waals surface area contributed by atoms with Crippen LogP contribution in [0.15, 0.2) is 0 Å². The van der Waals surface area contributed by atoms with Crippen molar-refractivity contribution in [3.8, 4) is 0 Å². The number of thioether (sulfide) groups is 1. The van der Waals surface area contributed by atoms with Crippen molar-refractivity contribution >= 4 is 11.8 Å². The molecule has 0 spiro atoms. The molecule has 0 saturated carbocycles. The molecule has 3 nitrogen and oxygen atoms in total. The maximum Gasteiger partial charge on any atom is 0.0467 e.